The van der Waals surface area contributed by atoms with E-state index in [0.29, 0.717) is 12.1 Å². The average Bonchev–Trinajstić information content (AvgIpc) is 2.07. The molecule has 0 aliphatic heterocycles. The van der Waals surface area contributed by atoms with E-state index in [9.17, 15) is 4.79 Å². The Labute approximate surface area is 65.5 Å². The Morgan fingerprint density at radius 3 is 3.00 bits per heavy atom. The molecule has 0 bridgehead atoms. The molecule has 3 nitrogen and oxygen atoms in total. The van der Waals surface area contributed by atoms with E-state index in [1.54, 1.807) is 18.3 Å². The lowest BCUT2D eigenvalue weighted by Gasteiger charge is -1.93. The van der Waals surface area contributed by atoms with Crippen LogP contribution in [0.15, 0.2) is 18.3 Å². The summed E-state index contributed by atoms with van der Waals surface area (Å²) in [7, 11) is 0. The highest BCUT2D eigenvalue weighted by Gasteiger charge is 2.03. The Kier molecular flexibility index (Phi) is 2.72. The van der Waals surface area contributed by atoms with Crippen molar-refractivity contribution < 1.29 is 4.79 Å². The van der Waals surface area contributed by atoms with Crippen molar-refractivity contribution in [2.24, 2.45) is 0 Å². The largest absolute Gasteiger partial charge is 0.292 e. The molecule has 0 N–H and O–H groups in total. The maximum atomic E-state index is 11.1. The Morgan fingerprint density at radius 2 is 2.45 bits per heavy atom. The van der Waals surface area contributed by atoms with E-state index in [2.05, 4.69) is 10.2 Å². The molecule has 0 aliphatic carbocycles. The van der Waals surface area contributed by atoms with E-state index >= 15 is 0 Å². The maximum Gasteiger partial charge on any atom is 0.183 e. The summed E-state index contributed by atoms with van der Waals surface area (Å²) in [5.41, 5.74) is 0.467. The first-order valence-corrected chi connectivity index (χ1v) is 3.65. The van der Waals surface area contributed by atoms with Gasteiger partial charge in [0.1, 0.15) is 5.69 Å². The number of hydrogen-bond donors (Lipinski definition) is 0. The number of ketones is 1. The highest BCUT2D eigenvalue weighted by Crippen LogP contribution is 1.99. The third-order valence-corrected chi connectivity index (χ3v) is 1.34. The third kappa shape index (κ3) is 2.11. The lowest BCUT2D eigenvalue weighted by Crippen LogP contribution is -2.01. The number of rotatable bonds is 3. The molecule has 1 aromatic rings. The first-order valence-electron chi connectivity index (χ1n) is 3.65. The summed E-state index contributed by atoms with van der Waals surface area (Å²) in [6, 6.07) is 3.40. The quantitative estimate of drug-likeness (QED) is 0.612. The molecule has 0 saturated heterocycles. The van der Waals surface area contributed by atoms with Gasteiger partial charge in [0, 0.05) is 12.6 Å². The molecule has 1 heterocycles. The smallest absolute Gasteiger partial charge is 0.183 e. The van der Waals surface area contributed by atoms with Crippen LogP contribution >= 0.6 is 0 Å². The highest BCUT2D eigenvalue weighted by atomic mass is 16.1. The van der Waals surface area contributed by atoms with Gasteiger partial charge in [-0.2, -0.15) is 5.10 Å². The first kappa shape index (κ1) is 7.85. The van der Waals surface area contributed by atoms with Crippen LogP contribution in [0.1, 0.15) is 30.3 Å². The molecular formula is C8H10N2O. The summed E-state index contributed by atoms with van der Waals surface area (Å²) < 4.78 is 0. The van der Waals surface area contributed by atoms with E-state index < -0.39 is 0 Å². The highest BCUT2D eigenvalue weighted by molar-refractivity contribution is 5.93. The molecule has 0 unspecified atom stereocenters. The van der Waals surface area contributed by atoms with E-state index in [0.717, 1.165) is 6.42 Å². The van der Waals surface area contributed by atoms with Crippen LogP contribution < -0.4 is 0 Å². The second-order valence-electron chi connectivity index (χ2n) is 2.28. The fourth-order valence-electron chi connectivity index (χ4n) is 0.805. The SMILES string of the molecule is CCCC(=O)c1cccnn1. The van der Waals surface area contributed by atoms with Gasteiger partial charge in [0.2, 0.25) is 0 Å². The Bertz CT molecular complexity index is 233. The summed E-state index contributed by atoms with van der Waals surface area (Å²) in [5.74, 6) is 0.0700. The first-order chi connectivity index (χ1) is 5.34. The molecule has 1 aromatic heterocycles. The number of aromatic nitrogens is 2. The number of carbonyl (C=O) groups is 1. The molecule has 3 heteroatoms. The van der Waals surface area contributed by atoms with E-state index in [1.807, 2.05) is 6.92 Å². The third-order valence-electron chi connectivity index (χ3n) is 1.34. The second kappa shape index (κ2) is 3.81. The van der Waals surface area contributed by atoms with Crippen molar-refractivity contribution in [3.63, 3.8) is 0 Å². The molecule has 1 rings (SSSR count). The van der Waals surface area contributed by atoms with Crippen molar-refractivity contribution >= 4 is 5.78 Å². The Morgan fingerprint density at radius 1 is 1.64 bits per heavy atom. The lowest BCUT2D eigenvalue weighted by molar-refractivity contribution is 0.0976. The zero-order valence-corrected chi connectivity index (χ0v) is 6.45. The van der Waals surface area contributed by atoms with Crippen LogP contribution in [0.2, 0.25) is 0 Å². The van der Waals surface area contributed by atoms with Gasteiger partial charge < -0.3 is 0 Å². The van der Waals surface area contributed by atoms with Gasteiger partial charge >= 0.3 is 0 Å². The average molecular weight is 150 g/mol. The minimum atomic E-state index is 0.0700. The molecule has 0 saturated carbocycles. The van der Waals surface area contributed by atoms with Gasteiger partial charge in [0.15, 0.2) is 5.78 Å². The number of Topliss-reactive ketones (excluding diaryl/α,β-unsaturated/α-hetero) is 1. The summed E-state index contributed by atoms with van der Waals surface area (Å²) in [6.45, 7) is 1.97. The summed E-state index contributed by atoms with van der Waals surface area (Å²) in [6.07, 6.45) is 2.97. The molecule has 11 heavy (non-hydrogen) atoms. The van der Waals surface area contributed by atoms with Crippen LogP contribution in [0.25, 0.3) is 0 Å². The van der Waals surface area contributed by atoms with Gasteiger partial charge in [-0.25, -0.2) is 0 Å². The van der Waals surface area contributed by atoms with Crippen molar-refractivity contribution in [3.05, 3.63) is 24.0 Å². The molecule has 0 aliphatic rings. The molecule has 0 radical (unpaired) electrons. The molecule has 0 aromatic carbocycles. The minimum absolute atomic E-state index is 0.0700. The second-order valence-corrected chi connectivity index (χ2v) is 2.28. The molecule has 0 atom stereocenters. The fraction of sp³-hybridized carbons (Fsp3) is 0.375. The van der Waals surface area contributed by atoms with Crippen molar-refractivity contribution in [3.8, 4) is 0 Å². The molecule has 58 valence electrons. The van der Waals surface area contributed by atoms with Crippen LogP contribution in [0.3, 0.4) is 0 Å². The maximum absolute atomic E-state index is 11.1. The summed E-state index contributed by atoms with van der Waals surface area (Å²) in [4.78, 5) is 11.1. The van der Waals surface area contributed by atoms with Crippen LogP contribution in [0.4, 0.5) is 0 Å². The Hall–Kier alpha value is -1.25. The zero-order chi connectivity index (χ0) is 8.10. The molecular weight excluding hydrogens is 140 g/mol. The number of carbonyl (C=O) groups excluding carboxylic acids is 1. The van der Waals surface area contributed by atoms with Gasteiger partial charge in [-0.3, -0.25) is 4.79 Å². The molecule has 0 fully saturated rings. The summed E-state index contributed by atoms with van der Waals surface area (Å²) in [5, 5.41) is 7.31. The Balaban J connectivity index is 2.69. The fourth-order valence-corrected chi connectivity index (χ4v) is 0.805. The van der Waals surface area contributed by atoms with Crippen LogP contribution in [0.5, 0.6) is 0 Å². The minimum Gasteiger partial charge on any atom is -0.292 e. The van der Waals surface area contributed by atoms with E-state index in [4.69, 9.17) is 0 Å². The van der Waals surface area contributed by atoms with Gasteiger partial charge in [0.25, 0.3) is 0 Å². The van der Waals surface area contributed by atoms with Crippen molar-refractivity contribution in [1.29, 1.82) is 0 Å². The normalized spacial score (nSPS) is 9.55. The lowest BCUT2D eigenvalue weighted by atomic mass is 10.2. The topological polar surface area (TPSA) is 42.9 Å². The van der Waals surface area contributed by atoms with Gasteiger partial charge in [-0.05, 0) is 18.6 Å². The van der Waals surface area contributed by atoms with Crippen LogP contribution in [0, 0.1) is 0 Å². The van der Waals surface area contributed by atoms with Gasteiger partial charge in [0.05, 0.1) is 0 Å². The van der Waals surface area contributed by atoms with Crippen LogP contribution in [-0.4, -0.2) is 16.0 Å². The van der Waals surface area contributed by atoms with Crippen molar-refractivity contribution in [2.75, 3.05) is 0 Å². The predicted molar refractivity (Wildman–Crippen MR) is 41.3 cm³/mol. The standard InChI is InChI=1S/C8H10N2O/c1-2-4-8(11)7-5-3-6-9-10-7/h3,5-6H,2,4H2,1H3. The summed E-state index contributed by atoms with van der Waals surface area (Å²) >= 11 is 0. The predicted octanol–water partition coefficient (Wildman–Crippen LogP) is 1.46. The monoisotopic (exact) mass is 150 g/mol. The van der Waals surface area contributed by atoms with Gasteiger partial charge in [-0.15, -0.1) is 5.10 Å². The molecule has 0 amide bonds. The van der Waals surface area contributed by atoms with Gasteiger partial charge in [-0.1, -0.05) is 6.92 Å². The van der Waals surface area contributed by atoms with E-state index in [-0.39, 0.29) is 5.78 Å². The van der Waals surface area contributed by atoms with Crippen molar-refractivity contribution in [1.82, 2.24) is 10.2 Å². The number of nitrogens with zero attached hydrogens (tertiary/aromatic N) is 2. The van der Waals surface area contributed by atoms with Crippen molar-refractivity contribution in [2.45, 2.75) is 19.8 Å². The zero-order valence-electron chi connectivity index (χ0n) is 6.45. The molecule has 0 spiro atoms. The number of hydrogen-bond acceptors (Lipinski definition) is 3. The van der Waals surface area contributed by atoms with Crippen LogP contribution in [-0.2, 0) is 0 Å². The van der Waals surface area contributed by atoms with E-state index in [1.165, 1.54) is 0 Å².